The Balaban J connectivity index is 0.000000327. The fourth-order valence-electron chi connectivity index (χ4n) is 1.66. The lowest BCUT2D eigenvalue weighted by Crippen LogP contribution is -2.28. The molecule has 0 saturated heterocycles. The van der Waals surface area contributed by atoms with Gasteiger partial charge in [0.25, 0.3) is 0 Å². The van der Waals surface area contributed by atoms with Crippen LogP contribution in [-0.4, -0.2) is 43.9 Å². The van der Waals surface area contributed by atoms with Crippen LogP contribution in [0.3, 0.4) is 0 Å². The van der Waals surface area contributed by atoms with E-state index in [4.69, 9.17) is 4.74 Å². The van der Waals surface area contributed by atoms with Crippen LogP contribution in [-0.2, 0) is 0 Å². The van der Waals surface area contributed by atoms with Crippen molar-refractivity contribution >= 4 is 0 Å². The molecule has 0 aliphatic rings. The van der Waals surface area contributed by atoms with Gasteiger partial charge in [-0.15, -0.1) is 0 Å². The van der Waals surface area contributed by atoms with Crippen LogP contribution in [0.2, 0.25) is 0 Å². The van der Waals surface area contributed by atoms with Crippen molar-refractivity contribution in [3.8, 4) is 5.75 Å². The van der Waals surface area contributed by atoms with Gasteiger partial charge in [-0.2, -0.15) is 0 Å². The SMILES string of the molecule is CCC(O)[C@@H](C)CN(C)C.COc1ccccc1. The number of aliphatic hydroxyl groups is 1. The minimum Gasteiger partial charge on any atom is -0.497 e. The number of aliphatic hydroxyl groups excluding tert-OH is 1. The normalized spacial score (nSPS) is 13.5. The molecule has 104 valence electrons. The summed E-state index contributed by atoms with van der Waals surface area (Å²) in [5, 5.41) is 9.35. The number of hydrogen-bond donors (Lipinski definition) is 1. The molecule has 0 bridgehead atoms. The molecule has 0 radical (unpaired) electrons. The highest BCUT2D eigenvalue weighted by atomic mass is 16.5. The quantitative estimate of drug-likeness (QED) is 0.875. The van der Waals surface area contributed by atoms with Gasteiger partial charge in [-0.3, -0.25) is 0 Å². The number of para-hydroxylation sites is 1. The largest absolute Gasteiger partial charge is 0.497 e. The smallest absolute Gasteiger partial charge is 0.118 e. The van der Waals surface area contributed by atoms with E-state index < -0.39 is 0 Å². The van der Waals surface area contributed by atoms with Crippen molar-refractivity contribution < 1.29 is 9.84 Å². The van der Waals surface area contributed by atoms with E-state index in [1.807, 2.05) is 51.4 Å². The van der Waals surface area contributed by atoms with Crippen LogP contribution in [0.25, 0.3) is 0 Å². The standard InChI is InChI=1S/C8H19NO.C7H8O/c1-5-8(10)7(2)6-9(3)4;1-8-7-5-3-2-4-6-7/h7-8,10H,5-6H2,1-4H3;2-6H,1H3/t7-,8?;/m0./s1. The maximum Gasteiger partial charge on any atom is 0.118 e. The lowest BCUT2D eigenvalue weighted by Gasteiger charge is -2.20. The van der Waals surface area contributed by atoms with Gasteiger partial charge in [0.2, 0.25) is 0 Å². The molecule has 0 spiro atoms. The summed E-state index contributed by atoms with van der Waals surface area (Å²) in [6.45, 7) is 5.06. The van der Waals surface area contributed by atoms with Gasteiger partial charge in [-0.25, -0.2) is 0 Å². The molecule has 0 fully saturated rings. The Morgan fingerprint density at radius 1 is 1.22 bits per heavy atom. The average molecular weight is 253 g/mol. The number of ether oxygens (including phenoxy) is 1. The zero-order valence-electron chi connectivity index (χ0n) is 12.3. The second-order valence-electron chi connectivity index (χ2n) is 4.73. The van der Waals surface area contributed by atoms with Crippen LogP contribution >= 0.6 is 0 Å². The van der Waals surface area contributed by atoms with Gasteiger partial charge in [0.15, 0.2) is 0 Å². The summed E-state index contributed by atoms with van der Waals surface area (Å²) < 4.78 is 4.91. The van der Waals surface area contributed by atoms with Crippen LogP contribution < -0.4 is 4.74 Å². The predicted molar refractivity (Wildman–Crippen MR) is 77.0 cm³/mol. The summed E-state index contributed by atoms with van der Waals surface area (Å²) in [4.78, 5) is 2.10. The van der Waals surface area contributed by atoms with Crippen molar-refractivity contribution in [1.82, 2.24) is 4.90 Å². The minimum absolute atomic E-state index is 0.137. The van der Waals surface area contributed by atoms with E-state index in [1.165, 1.54) is 0 Å². The van der Waals surface area contributed by atoms with E-state index in [0.717, 1.165) is 18.7 Å². The van der Waals surface area contributed by atoms with Crippen LogP contribution in [0.5, 0.6) is 5.75 Å². The predicted octanol–water partition coefficient (Wildman–Crippen LogP) is 2.65. The summed E-state index contributed by atoms with van der Waals surface area (Å²) in [5.41, 5.74) is 0. The van der Waals surface area contributed by atoms with Crippen molar-refractivity contribution in [2.24, 2.45) is 5.92 Å². The van der Waals surface area contributed by atoms with E-state index in [0.29, 0.717) is 5.92 Å². The molecule has 0 aromatic heterocycles. The number of rotatable bonds is 5. The zero-order chi connectivity index (χ0) is 14.0. The molecule has 1 aromatic rings. The molecule has 1 rings (SSSR count). The maximum atomic E-state index is 9.35. The van der Waals surface area contributed by atoms with Crippen molar-refractivity contribution in [3.63, 3.8) is 0 Å². The Kier molecular flexibility index (Phi) is 9.33. The Morgan fingerprint density at radius 3 is 2.11 bits per heavy atom. The Hall–Kier alpha value is -1.06. The highest BCUT2D eigenvalue weighted by Crippen LogP contribution is 2.06. The Bertz CT molecular complexity index is 288. The topological polar surface area (TPSA) is 32.7 Å². The molecule has 0 saturated carbocycles. The van der Waals surface area contributed by atoms with Crippen molar-refractivity contribution in [3.05, 3.63) is 30.3 Å². The maximum absolute atomic E-state index is 9.35. The third kappa shape index (κ3) is 8.09. The van der Waals surface area contributed by atoms with Crippen LogP contribution in [0.4, 0.5) is 0 Å². The van der Waals surface area contributed by atoms with E-state index in [2.05, 4.69) is 11.8 Å². The summed E-state index contributed by atoms with van der Waals surface area (Å²) >= 11 is 0. The lowest BCUT2D eigenvalue weighted by molar-refractivity contribution is 0.0964. The zero-order valence-corrected chi connectivity index (χ0v) is 12.3. The van der Waals surface area contributed by atoms with Crippen LogP contribution in [0, 0.1) is 5.92 Å². The molecule has 0 aliphatic carbocycles. The molecule has 18 heavy (non-hydrogen) atoms. The van der Waals surface area contributed by atoms with E-state index >= 15 is 0 Å². The molecule has 0 aliphatic heterocycles. The van der Waals surface area contributed by atoms with Crippen LogP contribution in [0.1, 0.15) is 20.3 Å². The van der Waals surface area contributed by atoms with Gasteiger partial charge >= 0.3 is 0 Å². The van der Waals surface area contributed by atoms with Gasteiger partial charge in [0, 0.05) is 6.54 Å². The summed E-state index contributed by atoms with van der Waals surface area (Å²) in [5.74, 6) is 1.30. The third-order valence-electron chi connectivity index (χ3n) is 2.71. The van der Waals surface area contributed by atoms with Crippen LogP contribution in [0.15, 0.2) is 30.3 Å². The monoisotopic (exact) mass is 253 g/mol. The van der Waals surface area contributed by atoms with Gasteiger partial charge in [0.1, 0.15) is 5.75 Å². The summed E-state index contributed by atoms with van der Waals surface area (Å²) in [7, 11) is 5.72. The van der Waals surface area contributed by atoms with Crippen molar-refractivity contribution in [2.45, 2.75) is 26.4 Å². The molecule has 3 heteroatoms. The van der Waals surface area contributed by atoms with E-state index in [-0.39, 0.29) is 6.10 Å². The van der Waals surface area contributed by atoms with Gasteiger partial charge < -0.3 is 14.7 Å². The number of nitrogens with zero attached hydrogens (tertiary/aromatic N) is 1. The van der Waals surface area contributed by atoms with Gasteiger partial charge in [-0.05, 0) is 38.6 Å². The fraction of sp³-hybridized carbons (Fsp3) is 0.600. The number of hydrogen-bond acceptors (Lipinski definition) is 3. The molecule has 0 amide bonds. The first kappa shape index (κ1) is 16.9. The second-order valence-corrected chi connectivity index (χ2v) is 4.73. The van der Waals surface area contributed by atoms with Crippen molar-refractivity contribution in [2.75, 3.05) is 27.7 Å². The first-order valence-corrected chi connectivity index (χ1v) is 6.43. The molecular weight excluding hydrogens is 226 g/mol. The minimum atomic E-state index is -0.137. The first-order chi connectivity index (χ1) is 8.51. The highest BCUT2D eigenvalue weighted by molar-refractivity contribution is 5.20. The summed E-state index contributed by atoms with van der Waals surface area (Å²) in [6, 6.07) is 9.68. The van der Waals surface area contributed by atoms with Gasteiger partial charge in [0.05, 0.1) is 13.2 Å². The molecule has 1 unspecified atom stereocenters. The lowest BCUT2D eigenvalue weighted by atomic mass is 10.0. The number of methoxy groups -OCH3 is 1. The van der Waals surface area contributed by atoms with Gasteiger partial charge in [-0.1, -0.05) is 32.0 Å². The molecule has 1 N–H and O–H groups in total. The third-order valence-corrected chi connectivity index (χ3v) is 2.71. The molecular formula is C15H27NO2. The molecule has 3 nitrogen and oxygen atoms in total. The highest BCUT2D eigenvalue weighted by Gasteiger charge is 2.11. The summed E-state index contributed by atoms with van der Waals surface area (Å²) in [6.07, 6.45) is 0.719. The second kappa shape index (κ2) is 9.92. The molecule has 2 atom stereocenters. The van der Waals surface area contributed by atoms with Crippen molar-refractivity contribution in [1.29, 1.82) is 0 Å². The molecule has 1 aromatic carbocycles. The first-order valence-electron chi connectivity index (χ1n) is 6.43. The molecule has 0 heterocycles. The van der Waals surface area contributed by atoms with E-state index in [1.54, 1.807) is 7.11 Å². The number of benzene rings is 1. The average Bonchev–Trinajstić information content (AvgIpc) is 2.38. The Labute approximate surface area is 111 Å². The Morgan fingerprint density at radius 2 is 1.78 bits per heavy atom. The van der Waals surface area contributed by atoms with E-state index in [9.17, 15) is 5.11 Å². The fourth-order valence-corrected chi connectivity index (χ4v) is 1.66.